The average molecular weight is 490 g/mol. The number of benzene rings is 2. The molecule has 0 aliphatic carbocycles. The molecule has 0 saturated carbocycles. The first-order chi connectivity index (χ1) is 15.3. The molecular formula is C21H22F4N2O5S. The molecule has 0 aliphatic heterocycles. The minimum Gasteiger partial charge on any atom is -0.493 e. The Labute approximate surface area is 187 Å². The van der Waals surface area contributed by atoms with Crippen LogP contribution in [0.15, 0.2) is 41.2 Å². The topological polar surface area (TPSA) is 79.5 Å². The van der Waals surface area contributed by atoms with Crippen LogP contribution < -0.4 is 15.2 Å². The second-order valence-electron chi connectivity index (χ2n) is 7.44. The molecule has 2 aromatic carbocycles. The molecule has 0 saturated heterocycles. The van der Waals surface area contributed by atoms with Gasteiger partial charge in [-0.25, -0.2) is 17.6 Å². The Morgan fingerprint density at radius 3 is 2.33 bits per heavy atom. The third-order valence-corrected chi connectivity index (χ3v) is 5.83. The summed E-state index contributed by atoms with van der Waals surface area (Å²) in [5, 5.41) is 0. The van der Waals surface area contributed by atoms with Crippen LogP contribution in [0.3, 0.4) is 0 Å². The lowest BCUT2D eigenvalue weighted by molar-refractivity contribution is -0.140. The second kappa shape index (κ2) is 9.08. The lowest BCUT2D eigenvalue weighted by Crippen LogP contribution is -2.34. The third-order valence-electron chi connectivity index (χ3n) is 4.91. The summed E-state index contributed by atoms with van der Waals surface area (Å²) >= 11 is 0. The normalized spacial score (nSPS) is 13.3. The fourth-order valence-corrected chi connectivity index (χ4v) is 4.58. The molecule has 1 aromatic heterocycles. The summed E-state index contributed by atoms with van der Waals surface area (Å²) in [6, 6.07) is 6.24. The number of rotatable bonds is 8. The van der Waals surface area contributed by atoms with Gasteiger partial charge in [0.05, 0.1) is 36.5 Å². The standard InChI is InChI=1S/C21H22F4N2O5S/c1-4-32-19-9-13(5-8-18(19)31-2)17(11-33(3,29)30)27-15-7-6-14(22)10-16(15)26(20(27)28)12-21(23,24)25/h5-10,17H,4,11-12H2,1-3H3/t17-/m1/s1. The van der Waals surface area contributed by atoms with Gasteiger partial charge in [0.15, 0.2) is 11.5 Å². The van der Waals surface area contributed by atoms with Crippen molar-refractivity contribution in [1.29, 1.82) is 0 Å². The maximum Gasteiger partial charge on any atom is 0.406 e. The molecule has 0 bridgehead atoms. The molecule has 1 atom stereocenters. The molecule has 7 nitrogen and oxygen atoms in total. The van der Waals surface area contributed by atoms with E-state index in [1.54, 1.807) is 6.92 Å². The second-order valence-corrected chi connectivity index (χ2v) is 9.62. The summed E-state index contributed by atoms with van der Waals surface area (Å²) < 4.78 is 90.0. The number of sulfone groups is 1. The molecule has 0 spiro atoms. The average Bonchev–Trinajstić information content (AvgIpc) is 2.95. The molecule has 0 amide bonds. The Morgan fingerprint density at radius 2 is 1.76 bits per heavy atom. The predicted molar refractivity (Wildman–Crippen MR) is 114 cm³/mol. The van der Waals surface area contributed by atoms with Crippen molar-refractivity contribution < 1.29 is 35.5 Å². The minimum absolute atomic E-state index is 0.0342. The highest BCUT2D eigenvalue weighted by atomic mass is 32.2. The van der Waals surface area contributed by atoms with Crippen molar-refractivity contribution >= 4 is 20.9 Å². The van der Waals surface area contributed by atoms with Crippen LogP contribution in [0, 0.1) is 5.82 Å². The number of hydrogen-bond donors (Lipinski definition) is 0. The Morgan fingerprint density at radius 1 is 1.06 bits per heavy atom. The van der Waals surface area contributed by atoms with Gasteiger partial charge in [-0.15, -0.1) is 0 Å². The summed E-state index contributed by atoms with van der Waals surface area (Å²) in [7, 11) is -2.31. The van der Waals surface area contributed by atoms with Gasteiger partial charge < -0.3 is 9.47 Å². The number of fused-ring (bicyclic) bond motifs is 1. The third kappa shape index (κ3) is 5.49. The predicted octanol–water partition coefficient (Wildman–Crippen LogP) is 3.55. The van der Waals surface area contributed by atoms with Gasteiger partial charge in [-0.1, -0.05) is 6.07 Å². The number of ether oxygens (including phenoxy) is 2. The Balaban J connectivity index is 2.33. The highest BCUT2D eigenvalue weighted by Crippen LogP contribution is 2.33. The molecule has 0 unspecified atom stereocenters. The number of aromatic nitrogens is 2. The smallest absolute Gasteiger partial charge is 0.406 e. The number of imidazole rings is 1. The van der Waals surface area contributed by atoms with Crippen LogP contribution in [-0.4, -0.2) is 49.5 Å². The number of hydrogen-bond acceptors (Lipinski definition) is 5. The maximum atomic E-state index is 13.9. The summed E-state index contributed by atoms with van der Waals surface area (Å²) in [5.74, 6) is -0.798. The van der Waals surface area contributed by atoms with E-state index in [0.29, 0.717) is 15.9 Å². The van der Waals surface area contributed by atoms with Gasteiger partial charge >= 0.3 is 11.9 Å². The van der Waals surface area contributed by atoms with Gasteiger partial charge in [0, 0.05) is 6.26 Å². The van der Waals surface area contributed by atoms with E-state index < -0.39 is 45.9 Å². The minimum atomic E-state index is -4.76. The molecule has 1 heterocycles. The number of nitrogens with zero attached hydrogens (tertiary/aromatic N) is 2. The zero-order valence-corrected chi connectivity index (χ0v) is 18.8. The fraction of sp³-hybridized carbons (Fsp3) is 0.381. The van der Waals surface area contributed by atoms with E-state index in [2.05, 4.69) is 0 Å². The quantitative estimate of drug-likeness (QED) is 0.452. The number of methoxy groups -OCH3 is 1. The van der Waals surface area contributed by atoms with Crippen LogP contribution in [0.1, 0.15) is 18.5 Å². The first kappa shape index (κ1) is 24.6. The van der Waals surface area contributed by atoms with Crippen molar-refractivity contribution in [1.82, 2.24) is 9.13 Å². The highest BCUT2D eigenvalue weighted by Gasteiger charge is 2.33. The first-order valence-corrected chi connectivity index (χ1v) is 11.9. The summed E-state index contributed by atoms with van der Waals surface area (Å²) in [4.78, 5) is 13.2. The van der Waals surface area contributed by atoms with Crippen molar-refractivity contribution in [2.75, 3.05) is 25.7 Å². The van der Waals surface area contributed by atoms with E-state index in [-0.39, 0.29) is 23.4 Å². The fourth-order valence-electron chi connectivity index (χ4n) is 3.66. The van der Waals surface area contributed by atoms with E-state index in [4.69, 9.17) is 9.47 Å². The molecule has 33 heavy (non-hydrogen) atoms. The lowest BCUT2D eigenvalue weighted by atomic mass is 10.1. The van der Waals surface area contributed by atoms with Gasteiger partial charge in [0.1, 0.15) is 22.2 Å². The molecular weight excluding hydrogens is 468 g/mol. The largest absolute Gasteiger partial charge is 0.493 e. The number of alkyl halides is 3. The van der Waals surface area contributed by atoms with Crippen LogP contribution in [0.2, 0.25) is 0 Å². The molecule has 180 valence electrons. The Hall–Kier alpha value is -3.02. The number of halogens is 4. The van der Waals surface area contributed by atoms with Gasteiger partial charge in [0.25, 0.3) is 0 Å². The van der Waals surface area contributed by atoms with Crippen molar-refractivity contribution in [3.8, 4) is 11.5 Å². The van der Waals surface area contributed by atoms with E-state index in [1.165, 1.54) is 25.3 Å². The summed E-state index contributed by atoms with van der Waals surface area (Å²) in [5.41, 5.74) is -1.15. The van der Waals surface area contributed by atoms with Crippen LogP contribution in [-0.2, 0) is 16.4 Å². The SMILES string of the molecule is CCOc1cc([C@@H](CS(C)(=O)=O)n2c(=O)n(CC(F)(F)F)c3cc(F)ccc32)ccc1OC. The van der Waals surface area contributed by atoms with Crippen LogP contribution in [0.25, 0.3) is 11.0 Å². The van der Waals surface area contributed by atoms with E-state index >= 15 is 0 Å². The zero-order chi connectivity index (χ0) is 24.6. The Bertz CT molecular complexity index is 1330. The first-order valence-electron chi connectivity index (χ1n) is 9.80. The van der Waals surface area contributed by atoms with E-state index in [0.717, 1.165) is 29.0 Å². The van der Waals surface area contributed by atoms with Crippen LogP contribution in [0.5, 0.6) is 11.5 Å². The molecule has 12 heteroatoms. The van der Waals surface area contributed by atoms with Crippen LogP contribution in [0.4, 0.5) is 17.6 Å². The molecule has 0 N–H and O–H groups in total. The highest BCUT2D eigenvalue weighted by molar-refractivity contribution is 7.90. The van der Waals surface area contributed by atoms with Crippen molar-refractivity contribution in [3.63, 3.8) is 0 Å². The monoisotopic (exact) mass is 490 g/mol. The Kier molecular flexibility index (Phi) is 6.78. The van der Waals surface area contributed by atoms with E-state index in [1.807, 2.05) is 0 Å². The molecule has 3 rings (SSSR count). The van der Waals surface area contributed by atoms with E-state index in [9.17, 15) is 30.8 Å². The van der Waals surface area contributed by atoms with Crippen molar-refractivity contribution in [3.05, 3.63) is 58.3 Å². The van der Waals surface area contributed by atoms with Gasteiger partial charge in [-0.3, -0.25) is 9.13 Å². The van der Waals surface area contributed by atoms with Crippen molar-refractivity contribution in [2.45, 2.75) is 25.7 Å². The van der Waals surface area contributed by atoms with Crippen molar-refractivity contribution in [2.24, 2.45) is 0 Å². The molecule has 0 radical (unpaired) electrons. The molecule has 0 fully saturated rings. The molecule has 0 aliphatic rings. The zero-order valence-electron chi connectivity index (χ0n) is 18.0. The van der Waals surface area contributed by atoms with Gasteiger partial charge in [-0.2, -0.15) is 13.2 Å². The maximum absolute atomic E-state index is 13.9. The molecule has 3 aromatic rings. The summed E-state index contributed by atoms with van der Waals surface area (Å²) in [6.07, 6.45) is -3.81. The lowest BCUT2D eigenvalue weighted by Gasteiger charge is -2.20. The summed E-state index contributed by atoms with van der Waals surface area (Å²) in [6.45, 7) is 0.335. The van der Waals surface area contributed by atoms with Gasteiger partial charge in [0.2, 0.25) is 0 Å². The van der Waals surface area contributed by atoms with Crippen LogP contribution >= 0.6 is 0 Å². The van der Waals surface area contributed by atoms with Gasteiger partial charge in [-0.05, 0) is 42.8 Å².